The predicted octanol–water partition coefficient (Wildman–Crippen LogP) is 4.64. The fraction of sp³-hybridized carbons (Fsp3) is 0.304. The molecule has 0 aliphatic heterocycles. The van der Waals surface area contributed by atoms with Gasteiger partial charge in [-0.15, -0.1) is 10.2 Å². The van der Waals surface area contributed by atoms with Gasteiger partial charge in [0.2, 0.25) is 16.9 Å². The van der Waals surface area contributed by atoms with E-state index in [0.29, 0.717) is 34.9 Å². The molecule has 0 aliphatic rings. The van der Waals surface area contributed by atoms with E-state index in [1.165, 1.54) is 11.3 Å². The Morgan fingerprint density at radius 1 is 1.06 bits per heavy atom. The van der Waals surface area contributed by atoms with Gasteiger partial charge in [-0.05, 0) is 24.1 Å². The summed E-state index contributed by atoms with van der Waals surface area (Å²) in [5.41, 5.74) is 1.89. The molecule has 1 aromatic heterocycles. The summed E-state index contributed by atoms with van der Waals surface area (Å²) in [6.07, 6.45) is 0.965. The van der Waals surface area contributed by atoms with Crippen LogP contribution in [0, 0.1) is 0 Å². The van der Waals surface area contributed by atoms with Crippen LogP contribution in [0.3, 0.4) is 0 Å². The minimum atomic E-state index is -0.220. The van der Waals surface area contributed by atoms with Crippen LogP contribution in [-0.4, -0.2) is 46.6 Å². The molecule has 1 heterocycles. The van der Waals surface area contributed by atoms with Gasteiger partial charge in [-0.25, -0.2) is 0 Å². The molecule has 3 aromatic rings. The lowest BCUT2D eigenvalue weighted by molar-refractivity contribution is -0.136. The number of ether oxygens (including phenoxy) is 1. The highest BCUT2D eigenvalue weighted by Crippen LogP contribution is 2.27. The van der Waals surface area contributed by atoms with Crippen molar-refractivity contribution in [2.45, 2.75) is 26.4 Å². The van der Waals surface area contributed by atoms with Crippen LogP contribution < -0.4 is 5.32 Å². The molecule has 9 heteroatoms. The molecular weight excluding hydrogens is 448 g/mol. The van der Waals surface area contributed by atoms with Crippen LogP contribution in [0.5, 0.6) is 0 Å². The number of rotatable bonds is 11. The van der Waals surface area contributed by atoms with E-state index in [0.717, 1.165) is 17.5 Å². The van der Waals surface area contributed by atoms with Crippen molar-refractivity contribution in [3.63, 3.8) is 0 Å². The van der Waals surface area contributed by atoms with E-state index in [2.05, 4.69) is 15.5 Å². The number of carbonyl (C=O) groups is 2. The van der Waals surface area contributed by atoms with Crippen LogP contribution >= 0.6 is 22.9 Å². The molecule has 0 fully saturated rings. The van der Waals surface area contributed by atoms with Crippen molar-refractivity contribution < 1.29 is 14.3 Å². The van der Waals surface area contributed by atoms with Gasteiger partial charge in [-0.3, -0.25) is 9.59 Å². The number of nitrogens with zero attached hydrogens (tertiary/aromatic N) is 3. The SMILES string of the molecule is CCCN(CCC(=O)Nc1nnc(-c2ccc(Cl)cc2)s1)C(=O)COCc1ccccc1. The van der Waals surface area contributed by atoms with Gasteiger partial charge in [0.05, 0.1) is 6.61 Å². The monoisotopic (exact) mass is 472 g/mol. The molecule has 0 saturated heterocycles. The molecule has 7 nitrogen and oxygen atoms in total. The highest BCUT2D eigenvalue weighted by Gasteiger charge is 2.16. The zero-order chi connectivity index (χ0) is 22.8. The van der Waals surface area contributed by atoms with E-state index < -0.39 is 0 Å². The van der Waals surface area contributed by atoms with Crippen molar-refractivity contribution in [3.05, 3.63) is 65.2 Å². The summed E-state index contributed by atoms with van der Waals surface area (Å²) < 4.78 is 5.55. The average Bonchev–Trinajstić information content (AvgIpc) is 3.26. The normalized spacial score (nSPS) is 10.7. The van der Waals surface area contributed by atoms with Gasteiger partial charge in [0, 0.05) is 30.1 Å². The van der Waals surface area contributed by atoms with Crippen molar-refractivity contribution >= 4 is 39.9 Å². The van der Waals surface area contributed by atoms with Crippen molar-refractivity contribution in [3.8, 4) is 10.6 Å². The third-order valence-corrected chi connectivity index (χ3v) is 5.69. The predicted molar refractivity (Wildman–Crippen MR) is 127 cm³/mol. The number of amides is 2. The number of hydrogen-bond acceptors (Lipinski definition) is 6. The van der Waals surface area contributed by atoms with Crippen molar-refractivity contribution in [2.24, 2.45) is 0 Å². The number of carbonyl (C=O) groups excluding carboxylic acids is 2. The van der Waals surface area contributed by atoms with Gasteiger partial charge in [0.15, 0.2) is 0 Å². The van der Waals surface area contributed by atoms with Crippen molar-refractivity contribution in [1.82, 2.24) is 15.1 Å². The van der Waals surface area contributed by atoms with E-state index in [4.69, 9.17) is 16.3 Å². The number of nitrogens with one attached hydrogen (secondary N) is 1. The number of anilines is 1. The van der Waals surface area contributed by atoms with Crippen LogP contribution in [0.4, 0.5) is 5.13 Å². The molecule has 0 spiro atoms. The van der Waals surface area contributed by atoms with Crippen molar-refractivity contribution in [1.29, 1.82) is 0 Å². The lowest BCUT2D eigenvalue weighted by atomic mass is 10.2. The maximum absolute atomic E-state index is 12.5. The third-order valence-electron chi connectivity index (χ3n) is 4.55. The quantitative estimate of drug-likeness (QED) is 0.439. The zero-order valence-electron chi connectivity index (χ0n) is 17.8. The van der Waals surface area contributed by atoms with E-state index in [1.807, 2.05) is 49.4 Å². The molecule has 0 aliphatic carbocycles. The second kappa shape index (κ2) is 12.3. The Hall–Kier alpha value is -2.81. The molecule has 168 valence electrons. The third kappa shape index (κ3) is 7.40. The Bertz CT molecular complexity index is 1010. The maximum atomic E-state index is 12.5. The summed E-state index contributed by atoms with van der Waals surface area (Å²) in [6, 6.07) is 16.9. The molecule has 1 N–H and O–H groups in total. The highest BCUT2D eigenvalue weighted by atomic mass is 35.5. The van der Waals surface area contributed by atoms with Gasteiger partial charge >= 0.3 is 0 Å². The number of aromatic nitrogens is 2. The van der Waals surface area contributed by atoms with Crippen LogP contribution in [-0.2, 0) is 20.9 Å². The highest BCUT2D eigenvalue weighted by molar-refractivity contribution is 7.18. The van der Waals surface area contributed by atoms with E-state index in [9.17, 15) is 9.59 Å². The second-order valence-electron chi connectivity index (χ2n) is 7.08. The maximum Gasteiger partial charge on any atom is 0.248 e. The van der Waals surface area contributed by atoms with Gasteiger partial charge in [0.25, 0.3) is 0 Å². The Balaban J connectivity index is 1.46. The molecule has 2 amide bonds. The smallest absolute Gasteiger partial charge is 0.248 e. The first-order chi connectivity index (χ1) is 15.5. The summed E-state index contributed by atoms with van der Waals surface area (Å²) in [7, 11) is 0. The van der Waals surface area contributed by atoms with E-state index in [1.54, 1.807) is 17.0 Å². The Morgan fingerprint density at radius 3 is 2.53 bits per heavy atom. The first-order valence-electron chi connectivity index (χ1n) is 10.3. The minimum absolute atomic E-state index is 0.0165. The molecular formula is C23H25ClN4O3S. The van der Waals surface area contributed by atoms with Crippen molar-refractivity contribution in [2.75, 3.05) is 25.0 Å². The van der Waals surface area contributed by atoms with Crippen LogP contribution in [0.1, 0.15) is 25.3 Å². The first kappa shape index (κ1) is 23.8. The summed E-state index contributed by atoms with van der Waals surface area (Å²) in [5.74, 6) is -0.348. The van der Waals surface area contributed by atoms with Crippen LogP contribution in [0.15, 0.2) is 54.6 Å². The summed E-state index contributed by atoms with van der Waals surface area (Å²) in [6.45, 7) is 3.23. The fourth-order valence-corrected chi connectivity index (χ4v) is 3.85. The first-order valence-corrected chi connectivity index (χ1v) is 11.5. The Kier molecular flexibility index (Phi) is 9.15. The van der Waals surface area contributed by atoms with Gasteiger partial charge in [-0.2, -0.15) is 0 Å². The standard InChI is InChI=1S/C23H25ClN4O3S/c1-2-13-28(21(30)16-31-15-17-6-4-3-5-7-17)14-12-20(29)25-23-27-26-22(32-23)18-8-10-19(24)11-9-18/h3-11H,2,12-16H2,1H3,(H,25,27,29). The zero-order valence-corrected chi connectivity index (χ0v) is 19.4. The van der Waals surface area contributed by atoms with Gasteiger partial charge < -0.3 is 15.0 Å². The molecule has 0 saturated carbocycles. The Labute approximate surface area is 196 Å². The molecule has 32 heavy (non-hydrogen) atoms. The lowest BCUT2D eigenvalue weighted by Gasteiger charge is -2.21. The molecule has 0 unspecified atom stereocenters. The largest absolute Gasteiger partial charge is 0.367 e. The van der Waals surface area contributed by atoms with Crippen LogP contribution in [0.2, 0.25) is 5.02 Å². The number of hydrogen-bond donors (Lipinski definition) is 1. The summed E-state index contributed by atoms with van der Waals surface area (Å²) >= 11 is 7.19. The molecule has 0 radical (unpaired) electrons. The fourth-order valence-electron chi connectivity index (χ4n) is 2.95. The minimum Gasteiger partial charge on any atom is -0.367 e. The number of halogens is 1. The van der Waals surface area contributed by atoms with Gasteiger partial charge in [0.1, 0.15) is 11.6 Å². The summed E-state index contributed by atoms with van der Waals surface area (Å²) in [4.78, 5) is 26.5. The lowest BCUT2D eigenvalue weighted by Crippen LogP contribution is -2.37. The second-order valence-corrected chi connectivity index (χ2v) is 8.49. The average molecular weight is 473 g/mol. The summed E-state index contributed by atoms with van der Waals surface area (Å²) in [5, 5.41) is 12.6. The van der Waals surface area contributed by atoms with E-state index in [-0.39, 0.29) is 24.8 Å². The van der Waals surface area contributed by atoms with E-state index >= 15 is 0 Å². The molecule has 0 bridgehead atoms. The van der Waals surface area contributed by atoms with Gasteiger partial charge in [-0.1, -0.05) is 72.3 Å². The molecule has 3 rings (SSSR count). The number of benzene rings is 2. The van der Waals surface area contributed by atoms with Crippen LogP contribution in [0.25, 0.3) is 10.6 Å². The topological polar surface area (TPSA) is 84.4 Å². The Morgan fingerprint density at radius 2 is 1.81 bits per heavy atom. The molecule has 0 atom stereocenters. The molecule has 2 aromatic carbocycles.